The lowest BCUT2D eigenvalue weighted by molar-refractivity contribution is 0.301. The van der Waals surface area contributed by atoms with Crippen molar-refractivity contribution in [3.8, 4) is 0 Å². The van der Waals surface area contributed by atoms with Crippen LogP contribution in [0.15, 0.2) is 95.7 Å². The van der Waals surface area contributed by atoms with E-state index in [1.165, 1.54) is 16.7 Å². The lowest BCUT2D eigenvalue weighted by Crippen LogP contribution is -2.38. The van der Waals surface area contributed by atoms with Gasteiger partial charge in [-0.1, -0.05) is 82.7 Å². The molecule has 180 valence electrons. The van der Waals surface area contributed by atoms with Gasteiger partial charge in [0.2, 0.25) is 0 Å². The fraction of sp³-hybridized carbons (Fsp3) is 0.419. The molecule has 0 aliphatic heterocycles. The van der Waals surface area contributed by atoms with Crippen LogP contribution in [0.2, 0.25) is 0 Å². The molecule has 0 radical (unpaired) electrons. The maximum absolute atomic E-state index is 10.1. The Morgan fingerprint density at radius 3 is 1.74 bits per heavy atom. The van der Waals surface area contributed by atoms with Gasteiger partial charge in [-0.05, 0) is 77.0 Å². The van der Waals surface area contributed by atoms with Crippen LogP contribution in [0, 0.1) is 23.7 Å². The second kappa shape index (κ2) is 9.02. The van der Waals surface area contributed by atoms with Crippen molar-refractivity contribution in [2.45, 2.75) is 58.3 Å². The molecule has 3 N–H and O–H groups in total. The van der Waals surface area contributed by atoms with Gasteiger partial charge in [-0.25, -0.2) is 0 Å². The maximum atomic E-state index is 10.1. The molecule has 3 heteroatoms. The van der Waals surface area contributed by atoms with E-state index in [0.717, 1.165) is 6.42 Å². The third kappa shape index (κ3) is 4.29. The molecule has 0 spiro atoms. The summed E-state index contributed by atoms with van der Waals surface area (Å²) in [6, 6.07) is 9.04. The van der Waals surface area contributed by atoms with Gasteiger partial charge >= 0.3 is 0 Å². The van der Waals surface area contributed by atoms with Crippen LogP contribution in [-0.4, -0.2) is 15.3 Å². The van der Waals surface area contributed by atoms with Crippen LogP contribution in [0.5, 0.6) is 0 Å². The van der Waals surface area contributed by atoms with E-state index in [1.807, 2.05) is 30.4 Å². The number of aliphatic hydroxyl groups is 3. The molecule has 0 fully saturated rings. The highest BCUT2D eigenvalue weighted by atomic mass is 16.3. The molecule has 1 aromatic rings. The highest BCUT2D eigenvalue weighted by Crippen LogP contribution is 2.48. The highest BCUT2D eigenvalue weighted by Gasteiger charge is 2.42. The number of hydrogen-bond acceptors (Lipinski definition) is 3. The van der Waals surface area contributed by atoms with Crippen molar-refractivity contribution >= 4 is 0 Å². The molecule has 4 rings (SSSR count). The third-order valence-electron chi connectivity index (χ3n) is 8.47. The first-order valence-electron chi connectivity index (χ1n) is 12.4. The molecule has 3 nitrogen and oxygen atoms in total. The number of hydrogen-bond donors (Lipinski definition) is 3. The van der Waals surface area contributed by atoms with E-state index in [0.29, 0.717) is 29.6 Å². The first-order valence-corrected chi connectivity index (χ1v) is 12.4. The largest absolute Gasteiger partial charge is 0.512 e. The molecule has 0 amide bonds. The van der Waals surface area contributed by atoms with Crippen molar-refractivity contribution in [2.75, 3.05) is 0 Å². The van der Waals surface area contributed by atoms with Crippen molar-refractivity contribution in [3.05, 3.63) is 107 Å². The van der Waals surface area contributed by atoms with E-state index in [1.54, 1.807) is 0 Å². The molecule has 0 heterocycles. The standard InChI is InChI=1S/C31H38O3/c1-20-18-26(33)14-16-28(20)30(3,4)22-6-8-23(9-7-22)31(5,24-10-12-25(32)13-11-24)29-17-15-27(34)19-21(29)2/h6-10,12,14-21,28-29,32-34H,11,13H2,1-5H3. The van der Waals surface area contributed by atoms with Crippen LogP contribution >= 0.6 is 0 Å². The van der Waals surface area contributed by atoms with Crippen LogP contribution in [0.3, 0.4) is 0 Å². The van der Waals surface area contributed by atoms with Gasteiger partial charge in [0.1, 0.15) is 11.5 Å². The number of allylic oxidation sites excluding steroid dienone is 10. The van der Waals surface area contributed by atoms with Crippen molar-refractivity contribution in [1.82, 2.24) is 0 Å². The van der Waals surface area contributed by atoms with Crippen LogP contribution in [0.25, 0.3) is 0 Å². The molecule has 0 saturated heterocycles. The Morgan fingerprint density at radius 1 is 0.706 bits per heavy atom. The molecular formula is C31H38O3. The van der Waals surface area contributed by atoms with Gasteiger partial charge in [-0.3, -0.25) is 0 Å². The number of rotatable bonds is 5. The van der Waals surface area contributed by atoms with Crippen molar-refractivity contribution in [1.29, 1.82) is 0 Å². The minimum Gasteiger partial charge on any atom is -0.512 e. The minimum atomic E-state index is -0.264. The lowest BCUT2D eigenvalue weighted by Gasteiger charge is -2.44. The van der Waals surface area contributed by atoms with E-state index in [2.05, 4.69) is 77.1 Å². The number of aliphatic hydroxyl groups excluding tert-OH is 3. The van der Waals surface area contributed by atoms with Gasteiger partial charge in [0.25, 0.3) is 0 Å². The Balaban J connectivity index is 1.72. The zero-order chi connectivity index (χ0) is 24.7. The predicted octanol–water partition coefficient (Wildman–Crippen LogP) is 7.91. The molecule has 1 aromatic carbocycles. The Kier molecular flexibility index (Phi) is 6.42. The molecule has 5 unspecified atom stereocenters. The average molecular weight is 459 g/mol. The second-order valence-electron chi connectivity index (χ2n) is 11.0. The summed E-state index contributed by atoms with van der Waals surface area (Å²) in [6.07, 6.45) is 17.2. The summed E-state index contributed by atoms with van der Waals surface area (Å²) in [6.45, 7) is 11.2. The number of benzene rings is 1. The summed E-state index contributed by atoms with van der Waals surface area (Å²) in [7, 11) is 0. The topological polar surface area (TPSA) is 60.7 Å². The first kappa shape index (κ1) is 24.2. The monoisotopic (exact) mass is 458 g/mol. The van der Waals surface area contributed by atoms with Crippen molar-refractivity contribution in [2.24, 2.45) is 23.7 Å². The summed E-state index contributed by atoms with van der Waals surface area (Å²) < 4.78 is 0. The average Bonchev–Trinajstić information content (AvgIpc) is 2.79. The van der Waals surface area contributed by atoms with Gasteiger partial charge in [-0.15, -0.1) is 0 Å². The van der Waals surface area contributed by atoms with Gasteiger partial charge in [-0.2, -0.15) is 0 Å². The summed E-state index contributed by atoms with van der Waals surface area (Å²) in [5.74, 6) is 2.03. The zero-order valence-corrected chi connectivity index (χ0v) is 21.0. The fourth-order valence-electron chi connectivity index (χ4n) is 6.32. The van der Waals surface area contributed by atoms with E-state index in [9.17, 15) is 15.3 Å². The Bertz CT molecular complexity index is 1110. The summed E-state index contributed by atoms with van der Waals surface area (Å²) in [5, 5.41) is 29.9. The van der Waals surface area contributed by atoms with Crippen molar-refractivity contribution < 1.29 is 15.3 Å². The third-order valence-corrected chi connectivity index (χ3v) is 8.47. The van der Waals surface area contributed by atoms with E-state index < -0.39 is 0 Å². The lowest BCUT2D eigenvalue weighted by atomic mass is 9.60. The molecule has 3 aliphatic carbocycles. The fourth-order valence-corrected chi connectivity index (χ4v) is 6.32. The predicted molar refractivity (Wildman–Crippen MR) is 140 cm³/mol. The first-order chi connectivity index (χ1) is 16.0. The Labute approximate surface area is 204 Å². The van der Waals surface area contributed by atoms with Gasteiger partial charge < -0.3 is 15.3 Å². The van der Waals surface area contributed by atoms with Crippen LogP contribution in [0.4, 0.5) is 0 Å². The maximum Gasteiger partial charge on any atom is 0.111 e. The van der Waals surface area contributed by atoms with E-state index in [4.69, 9.17) is 0 Å². The second-order valence-corrected chi connectivity index (χ2v) is 11.0. The summed E-state index contributed by atoms with van der Waals surface area (Å²) >= 11 is 0. The smallest absolute Gasteiger partial charge is 0.111 e. The van der Waals surface area contributed by atoms with Gasteiger partial charge in [0.15, 0.2) is 0 Å². The van der Waals surface area contributed by atoms with Crippen molar-refractivity contribution in [3.63, 3.8) is 0 Å². The molecule has 0 bridgehead atoms. The summed E-state index contributed by atoms with van der Waals surface area (Å²) in [5.41, 5.74) is 3.47. The molecule has 0 saturated carbocycles. The molecule has 34 heavy (non-hydrogen) atoms. The van der Waals surface area contributed by atoms with E-state index >= 15 is 0 Å². The van der Waals surface area contributed by atoms with Crippen LogP contribution < -0.4 is 0 Å². The summed E-state index contributed by atoms with van der Waals surface area (Å²) in [4.78, 5) is 0. The zero-order valence-electron chi connectivity index (χ0n) is 21.0. The van der Waals surface area contributed by atoms with Crippen LogP contribution in [-0.2, 0) is 10.8 Å². The quantitative estimate of drug-likeness (QED) is 0.420. The Hall–Kier alpha value is -2.94. The van der Waals surface area contributed by atoms with Gasteiger partial charge in [0, 0.05) is 11.8 Å². The van der Waals surface area contributed by atoms with Crippen LogP contribution in [0.1, 0.15) is 58.6 Å². The normalized spacial score (nSPS) is 29.0. The minimum absolute atomic E-state index is 0.0900. The molecule has 5 atom stereocenters. The SMILES string of the molecule is CC1C=C(O)C=CC1C(C)(C)c1ccc(C(C)(C2=CC=C(O)CC2)C2C=CC(O)=CC2C)cc1. The van der Waals surface area contributed by atoms with Gasteiger partial charge in [0.05, 0.1) is 5.76 Å². The molecule has 3 aliphatic rings. The Morgan fingerprint density at radius 2 is 1.24 bits per heavy atom. The molecular weight excluding hydrogens is 420 g/mol. The highest BCUT2D eigenvalue weighted by molar-refractivity contribution is 5.45. The van der Waals surface area contributed by atoms with E-state index in [-0.39, 0.29) is 28.6 Å². The molecule has 0 aromatic heterocycles.